The van der Waals surface area contributed by atoms with E-state index in [4.69, 9.17) is 19.2 Å². The van der Waals surface area contributed by atoms with E-state index in [1.54, 1.807) is 18.3 Å². The highest BCUT2D eigenvalue weighted by Gasteiger charge is 2.18. The molecule has 0 aliphatic rings. The average Bonchev–Trinajstić information content (AvgIpc) is 3.16. The second-order valence-electron chi connectivity index (χ2n) is 7.43. The first kappa shape index (κ1) is 23.4. The number of aryl methyl sites for hydroxylation is 2. The zero-order valence-electron chi connectivity index (χ0n) is 19.6. The Hall–Kier alpha value is -3.79. The summed E-state index contributed by atoms with van der Waals surface area (Å²) in [5.74, 6) is 2.46. The Kier molecular flexibility index (Phi) is 6.87. The van der Waals surface area contributed by atoms with Crippen molar-refractivity contribution in [3.63, 3.8) is 0 Å². The highest BCUT2D eigenvalue weighted by Crippen LogP contribution is 2.38. The Morgan fingerprint density at radius 2 is 1.76 bits per heavy atom. The Labute approximate surface area is 201 Å². The second kappa shape index (κ2) is 10.0. The van der Waals surface area contributed by atoms with E-state index in [9.17, 15) is 4.79 Å². The van der Waals surface area contributed by atoms with E-state index in [1.165, 1.54) is 33.1 Å². The highest BCUT2D eigenvalue weighted by molar-refractivity contribution is 7.98. The number of imidazole rings is 1. The van der Waals surface area contributed by atoms with Gasteiger partial charge in [0, 0.05) is 30.2 Å². The molecule has 1 N–H and O–H groups in total. The van der Waals surface area contributed by atoms with E-state index >= 15 is 0 Å². The molecule has 176 valence electrons. The van der Waals surface area contributed by atoms with Crippen molar-refractivity contribution in [2.45, 2.75) is 17.8 Å². The molecule has 0 aliphatic heterocycles. The monoisotopic (exact) mass is 479 g/mol. The average molecular weight is 480 g/mol. The number of carbonyl (C=O) groups excluding carboxylic acids is 1. The lowest BCUT2D eigenvalue weighted by Gasteiger charge is -2.14. The van der Waals surface area contributed by atoms with E-state index in [0.29, 0.717) is 39.4 Å². The molecule has 34 heavy (non-hydrogen) atoms. The highest BCUT2D eigenvalue weighted by atomic mass is 32.2. The predicted molar refractivity (Wildman–Crippen MR) is 131 cm³/mol. The molecule has 0 saturated heterocycles. The number of hydrogen-bond acceptors (Lipinski definition) is 8. The minimum Gasteiger partial charge on any atom is -0.493 e. The van der Waals surface area contributed by atoms with Crippen LogP contribution in [0.15, 0.2) is 47.8 Å². The third-order valence-corrected chi connectivity index (χ3v) is 6.12. The predicted octanol–water partition coefficient (Wildman–Crippen LogP) is 4.24. The lowest BCUT2D eigenvalue weighted by molar-refractivity contribution is 0.102. The lowest BCUT2D eigenvalue weighted by atomic mass is 10.1. The van der Waals surface area contributed by atoms with Gasteiger partial charge in [-0.15, -0.1) is 0 Å². The zero-order chi connectivity index (χ0) is 24.2. The summed E-state index contributed by atoms with van der Waals surface area (Å²) in [4.78, 5) is 26.4. The van der Waals surface area contributed by atoms with Gasteiger partial charge in [0.2, 0.25) is 5.75 Å². The Morgan fingerprint density at radius 1 is 1.03 bits per heavy atom. The number of nitrogens with zero attached hydrogens (tertiary/aromatic N) is 4. The van der Waals surface area contributed by atoms with Crippen molar-refractivity contribution in [3.05, 3.63) is 59.7 Å². The largest absolute Gasteiger partial charge is 0.493 e. The molecule has 2 heterocycles. The van der Waals surface area contributed by atoms with Crippen molar-refractivity contribution in [3.8, 4) is 17.2 Å². The Bertz CT molecular complexity index is 1330. The molecule has 1 amide bonds. The summed E-state index contributed by atoms with van der Waals surface area (Å²) < 4.78 is 18.0. The molecular weight excluding hydrogens is 454 g/mol. The van der Waals surface area contributed by atoms with E-state index in [-0.39, 0.29) is 5.91 Å². The van der Waals surface area contributed by atoms with Gasteiger partial charge in [0.1, 0.15) is 5.82 Å². The second-order valence-corrected chi connectivity index (χ2v) is 8.37. The molecule has 0 saturated carbocycles. The summed E-state index contributed by atoms with van der Waals surface area (Å²) in [6.45, 7) is 1.94. The van der Waals surface area contributed by atoms with Crippen LogP contribution >= 0.6 is 11.8 Å². The number of fused-ring (bicyclic) bond motifs is 1. The van der Waals surface area contributed by atoms with Crippen molar-refractivity contribution < 1.29 is 19.0 Å². The number of benzene rings is 2. The zero-order valence-corrected chi connectivity index (χ0v) is 20.4. The fraction of sp³-hybridized carbons (Fsp3) is 0.250. The maximum Gasteiger partial charge on any atom is 0.255 e. The van der Waals surface area contributed by atoms with Crippen LogP contribution in [0.3, 0.4) is 0 Å². The van der Waals surface area contributed by atoms with Crippen LogP contribution in [0.5, 0.6) is 17.2 Å². The molecule has 0 fully saturated rings. The van der Waals surface area contributed by atoms with E-state index in [2.05, 4.69) is 15.3 Å². The van der Waals surface area contributed by atoms with Crippen LogP contribution < -0.4 is 19.5 Å². The quantitative estimate of drug-likeness (QED) is 0.296. The molecule has 2 aromatic carbocycles. The minimum atomic E-state index is -0.304. The van der Waals surface area contributed by atoms with Gasteiger partial charge in [-0.2, -0.15) is 0 Å². The molecule has 0 bridgehead atoms. The molecule has 4 aromatic rings. The molecule has 0 radical (unpaired) electrons. The van der Waals surface area contributed by atoms with Crippen LogP contribution in [0.4, 0.5) is 5.69 Å². The van der Waals surface area contributed by atoms with Gasteiger partial charge in [0.05, 0.1) is 38.1 Å². The fourth-order valence-electron chi connectivity index (χ4n) is 3.50. The molecule has 2 aromatic heterocycles. The molecule has 0 spiro atoms. The Balaban J connectivity index is 1.54. The SMILES string of the molecule is COc1cc(C(=O)Nc2ccc3c(c2)nc(CSc2nccc(C)n2)n3C)cc(OC)c1OC. The van der Waals surface area contributed by atoms with Crippen LogP contribution in [0.1, 0.15) is 21.9 Å². The summed E-state index contributed by atoms with van der Waals surface area (Å²) in [5, 5.41) is 3.63. The Morgan fingerprint density at radius 3 is 2.41 bits per heavy atom. The number of rotatable bonds is 8. The van der Waals surface area contributed by atoms with Crippen LogP contribution in [0.25, 0.3) is 11.0 Å². The van der Waals surface area contributed by atoms with Gasteiger partial charge in [-0.3, -0.25) is 4.79 Å². The number of aromatic nitrogens is 4. The standard InChI is InChI=1S/C24H25N5O4S/c1-14-8-9-25-24(26-14)34-13-21-28-17-12-16(6-7-18(17)29(21)2)27-23(30)15-10-19(31-3)22(33-5)20(11-15)32-4/h6-12H,13H2,1-5H3,(H,27,30). The van der Waals surface area contributed by atoms with E-state index in [1.807, 2.05) is 42.8 Å². The first-order valence-electron chi connectivity index (χ1n) is 10.4. The van der Waals surface area contributed by atoms with Gasteiger partial charge in [-0.05, 0) is 43.3 Å². The summed E-state index contributed by atoms with van der Waals surface area (Å²) in [6.07, 6.45) is 1.75. The van der Waals surface area contributed by atoms with Gasteiger partial charge in [0.15, 0.2) is 16.7 Å². The smallest absolute Gasteiger partial charge is 0.255 e. The van der Waals surface area contributed by atoms with E-state index in [0.717, 1.165) is 22.6 Å². The molecule has 0 unspecified atom stereocenters. The van der Waals surface area contributed by atoms with Gasteiger partial charge in [0.25, 0.3) is 5.91 Å². The summed E-state index contributed by atoms with van der Waals surface area (Å²) >= 11 is 1.53. The van der Waals surface area contributed by atoms with Gasteiger partial charge >= 0.3 is 0 Å². The van der Waals surface area contributed by atoms with Crippen LogP contribution in [-0.4, -0.2) is 46.8 Å². The maximum absolute atomic E-state index is 12.9. The molecule has 0 aliphatic carbocycles. The minimum absolute atomic E-state index is 0.304. The van der Waals surface area contributed by atoms with Crippen molar-refractivity contribution in [1.29, 1.82) is 0 Å². The topological polar surface area (TPSA) is 100 Å². The van der Waals surface area contributed by atoms with Crippen molar-refractivity contribution in [1.82, 2.24) is 19.5 Å². The number of anilines is 1. The third-order valence-electron chi connectivity index (χ3n) is 5.26. The maximum atomic E-state index is 12.9. The molecule has 4 rings (SSSR count). The van der Waals surface area contributed by atoms with Crippen LogP contribution in [-0.2, 0) is 12.8 Å². The number of nitrogens with one attached hydrogen (secondary N) is 1. The van der Waals surface area contributed by atoms with Crippen molar-refractivity contribution in [2.24, 2.45) is 7.05 Å². The number of amides is 1. The van der Waals surface area contributed by atoms with Crippen molar-refractivity contribution >= 4 is 34.4 Å². The lowest BCUT2D eigenvalue weighted by Crippen LogP contribution is -2.12. The molecule has 0 atom stereocenters. The molecule has 10 heteroatoms. The third kappa shape index (κ3) is 4.76. The number of carbonyl (C=O) groups is 1. The summed E-state index contributed by atoms with van der Waals surface area (Å²) in [7, 11) is 6.50. The van der Waals surface area contributed by atoms with E-state index < -0.39 is 0 Å². The first-order chi connectivity index (χ1) is 16.4. The van der Waals surface area contributed by atoms with Crippen LogP contribution in [0.2, 0.25) is 0 Å². The van der Waals surface area contributed by atoms with Crippen LogP contribution in [0, 0.1) is 6.92 Å². The number of hydrogen-bond donors (Lipinski definition) is 1. The number of methoxy groups -OCH3 is 3. The number of thioether (sulfide) groups is 1. The van der Waals surface area contributed by atoms with Crippen molar-refractivity contribution in [2.75, 3.05) is 26.6 Å². The number of ether oxygens (including phenoxy) is 3. The summed E-state index contributed by atoms with van der Waals surface area (Å²) in [6, 6.07) is 10.7. The normalized spacial score (nSPS) is 10.9. The molecular formula is C24H25N5O4S. The first-order valence-corrected chi connectivity index (χ1v) is 11.4. The van der Waals surface area contributed by atoms with Gasteiger partial charge in [-0.25, -0.2) is 15.0 Å². The van der Waals surface area contributed by atoms with Gasteiger partial charge in [-0.1, -0.05) is 11.8 Å². The summed E-state index contributed by atoms with van der Waals surface area (Å²) in [5.41, 5.74) is 3.68. The van der Waals surface area contributed by atoms with Gasteiger partial charge < -0.3 is 24.1 Å². The molecule has 9 nitrogen and oxygen atoms in total. The fourth-order valence-corrected chi connectivity index (χ4v) is 4.36.